The second kappa shape index (κ2) is 5.75. The first-order chi connectivity index (χ1) is 10.2. The van der Waals surface area contributed by atoms with Crippen LogP contribution in [0.3, 0.4) is 0 Å². The van der Waals surface area contributed by atoms with Crippen LogP contribution in [0.4, 0.5) is 5.95 Å². The summed E-state index contributed by atoms with van der Waals surface area (Å²) in [6, 6.07) is 0. The van der Waals surface area contributed by atoms with Crippen LogP contribution in [0.2, 0.25) is 0 Å². The van der Waals surface area contributed by atoms with Crippen LogP contribution >= 0.6 is 0 Å². The molecule has 3 rings (SSSR count). The summed E-state index contributed by atoms with van der Waals surface area (Å²) in [6.45, 7) is 3.04. The number of hydrogen-bond acceptors (Lipinski definition) is 4. The third-order valence-electron chi connectivity index (χ3n) is 4.25. The van der Waals surface area contributed by atoms with Crippen molar-refractivity contribution >= 4 is 17.8 Å². The van der Waals surface area contributed by atoms with Crippen LogP contribution in [0, 0.1) is 5.92 Å². The molecule has 1 aromatic rings. The molecule has 0 aromatic carbocycles. The maximum absolute atomic E-state index is 12.5. The Hall–Kier alpha value is -2.05. The summed E-state index contributed by atoms with van der Waals surface area (Å²) in [4.78, 5) is 30.3. The minimum Gasteiger partial charge on any atom is -0.359 e. The van der Waals surface area contributed by atoms with E-state index in [1.54, 1.807) is 11.9 Å². The number of rotatable bonds is 2. The van der Waals surface area contributed by atoms with Gasteiger partial charge in [0, 0.05) is 45.3 Å². The second-order valence-corrected chi connectivity index (χ2v) is 5.60. The molecule has 3 heterocycles. The quantitative estimate of drug-likeness (QED) is 0.821. The maximum Gasteiger partial charge on any atom is 0.274 e. The van der Waals surface area contributed by atoms with Gasteiger partial charge < -0.3 is 20.1 Å². The summed E-state index contributed by atoms with van der Waals surface area (Å²) in [6.07, 6.45) is 4.32. The van der Waals surface area contributed by atoms with E-state index in [1.165, 1.54) is 0 Å². The van der Waals surface area contributed by atoms with Crippen molar-refractivity contribution in [3.05, 3.63) is 11.9 Å². The largest absolute Gasteiger partial charge is 0.359 e. The zero-order chi connectivity index (χ0) is 14.8. The van der Waals surface area contributed by atoms with Crippen LogP contribution in [0.25, 0.3) is 0 Å². The lowest BCUT2D eigenvalue weighted by molar-refractivity contribution is -0.125. The summed E-state index contributed by atoms with van der Waals surface area (Å²) < 4.78 is 1.99. The van der Waals surface area contributed by atoms with Gasteiger partial charge in [0.1, 0.15) is 5.69 Å². The molecule has 0 bridgehead atoms. The minimum absolute atomic E-state index is 0.0240. The van der Waals surface area contributed by atoms with Crippen molar-refractivity contribution in [1.82, 2.24) is 19.8 Å². The van der Waals surface area contributed by atoms with Crippen LogP contribution in [0.5, 0.6) is 0 Å². The molecule has 0 aliphatic carbocycles. The number of nitrogens with one attached hydrogen (secondary N) is 2. The molecule has 0 atom stereocenters. The monoisotopic (exact) mass is 291 g/mol. The fourth-order valence-corrected chi connectivity index (χ4v) is 2.99. The number of fused-ring (bicyclic) bond motifs is 1. The average molecular weight is 291 g/mol. The summed E-state index contributed by atoms with van der Waals surface area (Å²) >= 11 is 0. The van der Waals surface area contributed by atoms with E-state index < -0.39 is 0 Å². The van der Waals surface area contributed by atoms with Gasteiger partial charge in [-0.1, -0.05) is 0 Å². The van der Waals surface area contributed by atoms with E-state index in [-0.39, 0.29) is 17.7 Å². The summed E-state index contributed by atoms with van der Waals surface area (Å²) in [5.41, 5.74) is 0.498. The smallest absolute Gasteiger partial charge is 0.274 e. The molecule has 2 N–H and O–H groups in total. The molecular formula is C14H21N5O2. The number of carbonyl (C=O) groups is 2. The third-order valence-corrected chi connectivity index (χ3v) is 4.25. The highest BCUT2D eigenvalue weighted by Crippen LogP contribution is 2.20. The highest BCUT2D eigenvalue weighted by Gasteiger charge is 2.28. The van der Waals surface area contributed by atoms with Gasteiger partial charge in [-0.25, -0.2) is 4.98 Å². The number of imidazole rings is 1. The van der Waals surface area contributed by atoms with Gasteiger partial charge in [0.05, 0.1) is 0 Å². The van der Waals surface area contributed by atoms with E-state index >= 15 is 0 Å². The Labute approximate surface area is 123 Å². The van der Waals surface area contributed by atoms with Crippen LogP contribution in [-0.2, 0) is 11.3 Å². The van der Waals surface area contributed by atoms with Gasteiger partial charge in [-0.15, -0.1) is 0 Å². The number of carbonyl (C=O) groups excluding carboxylic acids is 2. The van der Waals surface area contributed by atoms with E-state index in [0.717, 1.165) is 38.3 Å². The molecule has 1 saturated heterocycles. The SMILES string of the molecule is CNC(=O)C1CCN(C(=O)c2cn3c(n2)NCCC3)CC1. The molecular weight excluding hydrogens is 270 g/mol. The van der Waals surface area contributed by atoms with Crippen molar-refractivity contribution in [2.75, 3.05) is 32.0 Å². The average Bonchev–Trinajstić information content (AvgIpc) is 2.97. The Morgan fingerprint density at radius 2 is 2.10 bits per heavy atom. The Balaban J connectivity index is 1.64. The summed E-state index contributed by atoms with van der Waals surface area (Å²) in [5.74, 6) is 0.846. The van der Waals surface area contributed by atoms with Gasteiger partial charge in [0.25, 0.3) is 5.91 Å². The number of piperidine rings is 1. The number of aromatic nitrogens is 2. The predicted molar refractivity (Wildman–Crippen MR) is 78.0 cm³/mol. The third kappa shape index (κ3) is 2.72. The maximum atomic E-state index is 12.5. The van der Waals surface area contributed by atoms with Crippen LogP contribution in [0.15, 0.2) is 6.20 Å². The lowest BCUT2D eigenvalue weighted by Crippen LogP contribution is -2.42. The van der Waals surface area contributed by atoms with E-state index in [2.05, 4.69) is 15.6 Å². The number of amides is 2. The highest BCUT2D eigenvalue weighted by molar-refractivity contribution is 5.93. The molecule has 21 heavy (non-hydrogen) atoms. The molecule has 1 aromatic heterocycles. The topological polar surface area (TPSA) is 79.3 Å². The second-order valence-electron chi connectivity index (χ2n) is 5.60. The summed E-state index contributed by atoms with van der Waals surface area (Å²) in [5, 5.41) is 5.88. The fraction of sp³-hybridized carbons (Fsp3) is 0.643. The van der Waals surface area contributed by atoms with Gasteiger partial charge in [-0.05, 0) is 19.3 Å². The Kier molecular flexibility index (Phi) is 3.81. The van der Waals surface area contributed by atoms with Gasteiger partial charge in [-0.2, -0.15) is 0 Å². The van der Waals surface area contributed by atoms with Gasteiger partial charge in [0.2, 0.25) is 11.9 Å². The minimum atomic E-state index is -0.0333. The van der Waals surface area contributed by atoms with Gasteiger partial charge in [-0.3, -0.25) is 9.59 Å². The first-order valence-electron chi connectivity index (χ1n) is 7.51. The van der Waals surface area contributed by atoms with Crippen LogP contribution in [0.1, 0.15) is 29.8 Å². The fourth-order valence-electron chi connectivity index (χ4n) is 2.99. The molecule has 7 heteroatoms. The van der Waals surface area contributed by atoms with E-state index in [1.807, 2.05) is 10.8 Å². The van der Waals surface area contributed by atoms with E-state index in [4.69, 9.17) is 0 Å². The van der Waals surface area contributed by atoms with Crippen molar-refractivity contribution < 1.29 is 9.59 Å². The Morgan fingerprint density at radius 3 is 2.76 bits per heavy atom. The highest BCUT2D eigenvalue weighted by atomic mass is 16.2. The number of aryl methyl sites for hydroxylation is 1. The van der Waals surface area contributed by atoms with Gasteiger partial charge >= 0.3 is 0 Å². The molecule has 1 fully saturated rings. The van der Waals surface area contributed by atoms with Crippen LogP contribution in [-0.4, -0.2) is 52.9 Å². The molecule has 2 aliphatic rings. The predicted octanol–water partition coefficient (Wildman–Crippen LogP) is 0.297. The molecule has 2 amide bonds. The standard InChI is InChI=1S/C14H21N5O2/c1-15-12(20)10-3-7-18(8-4-10)13(21)11-9-19-6-2-5-16-14(19)17-11/h9-10H,2-8H2,1H3,(H,15,20)(H,16,17). The lowest BCUT2D eigenvalue weighted by atomic mass is 9.96. The molecule has 0 unspecified atom stereocenters. The molecule has 0 radical (unpaired) electrons. The van der Waals surface area contributed by atoms with Crippen molar-refractivity contribution in [2.45, 2.75) is 25.8 Å². The number of nitrogens with zero attached hydrogens (tertiary/aromatic N) is 3. The molecule has 114 valence electrons. The molecule has 0 saturated carbocycles. The lowest BCUT2D eigenvalue weighted by Gasteiger charge is -2.30. The van der Waals surface area contributed by atoms with Gasteiger partial charge in [0.15, 0.2) is 0 Å². The first kappa shape index (κ1) is 13.9. The molecule has 2 aliphatic heterocycles. The number of anilines is 1. The summed E-state index contributed by atoms with van der Waals surface area (Å²) in [7, 11) is 1.66. The zero-order valence-corrected chi connectivity index (χ0v) is 12.3. The number of likely N-dealkylation sites (tertiary alicyclic amines) is 1. The van der Waals surface area contributed by atoms with Crippen molar-refractivity contribution in [2.24, 2.45) is 5.92 Å². The van der Waals surface area contributed by atoms with Crippen molar-refractivity contribution in [3.8, 4) is 0 Å². The Morgan fingerprint density at radius 1 is 1.33 bits per heavy atom. The van der Waals surface area contributed by atoms with E-state index in [9.17, 15) is 9.59 Å². The molecule has 0 spiro atoms. The van der Waals surface area contributed by atoms with Crippen LogP contribution < -0.4 is 10.6 Å². The van der Waals surface area contributed by atoms with Crippen molar-refractivity contribution in [1.29, 1.82) is 0 Å². The first-order valence-corrected chi connectivity index (χ1v) is 7.51. The van der Waals surface area contributed by atoms with Crippen molar-refractivity contribution in [3.63, 3.8) is 0 Å². The molecule has 7 nitrogen and oxygen atoms in total. The van der Waals surface area contributed by atoms with E-state index in [0.29, 0.717) is 18.8 Å². The number of hydrogen-bond donors (Lipinski definition) is 2. The zero-order valence-electron chi connectivity index (χ0n) is 12.3. The normalized spacial score (nSPS) is 18.8. The Bertz CT molecular complexity index is 522.